The number of benzene rings is 1. The summed E-state index contributed by atoms with van der Waals surface area (Å²) < 4.78 is 16.8. The second-order valence-electron chi connectivity index (χ2n) is 4.74. The van der Waals surface area contributed by atoms with Gasteiger partial charge in [-0.05, 0) is 48.9 Å². The minimum atomic E-state index is -1.14. The molecule has 0 spiro atoms. The zero-order valence-electron chi connectivity index (χ0n) is 13.8. The van der Waals surface area contributed by atoms with E-state index in [-0.39, 0.29) is 17.6 Å². The molecule has 1 aromatic rings. The van der Waals surface area contributed by atoms with Crippen LogP contribution in [0.2, 0.25) is 0 Å². The predicted octanol–water partition coefficient (Wildman–Crippen LogP) is 2.61. The van der Waals surface area contributed by atoms with E-state index in [2.05, 4.69) is 16.0 Å². The summed E-state index contributed by atoms with van der Waals surface area (Å²) in [4.78, 5) is 23.3. The van der Waals surface area contributed by atoms with Crippen molar-refractivity contribution < 1.29 is 18.9 Å². The summed E-state index contributed by atoms with van der Waals surface area (Å²) in [6.07, 6.45) is 0.118. The molecule has 0 radical (unpaired) electrons. The fourth-order valence-corrected chi connectivity index (χ4v) is 3.05. The Balaban J connectivity index is 2.93. The highest BCUT2D eigenvalue weighted by molar-refractivity contribution is 7.91. The van der Waals surface area contributed by atoms with Crippen molar-refractivity contribution in [2.24, 2.45) is 0 Å². The van der Waals surface area contributed by atoms with Gasteiger partial charge in [-0.25, -0.2) is 4.79 Å². The summed E-state index contributed by atoms with van der Waals surface area (Å²) in [5, 5.41) is 7.85. The van der Waals surface area contributed by atoms with Gasteiger partial charge in [0.1, 0.15) is 5.75 Å². The summed E-state index contributed by atoms with van der Waals surface area (Å²) >= 11 is 3.89. The molecule has 0 aliphatic rings. The minimum Gasteiger partial charge on any atom is -0.611 e. The molecule has 0 aromatic heterocycles. The molecule has 0 saturated carbocycles. The number of ether oxygens (including phenoxy) is 1. The number of thiocarbonyl (C=S) groups is 1. The van der Waals surface area contributed by atoms with Gasteiger partial charge in [0.2, 0.25) is 5.91 Å². The number of alkyl carbamates (subject to hydrolysis) is 1. The van der Waals surface area contributed by atoms with Gasteiger partial charge in [0.15, 0.2) is 10.0 Å². The number of carbonyl (C=O) groups is 2. The highest BCUT2D eigenvalue weighted by Gasteiger charge is 2.15. The lowest BCUT2D eigenvalue weighted by molar-refractivity contribution is -0.114. The summed E-state index contributed by atoms with van der Waals surface area (Å²) in [5.74, 6) is 0.260. The van der Waals surface area contributed by atoms with E-state index in [0.717, 1.165) is 6.42 Å². The van der Waals surface area contributed by atoms with Gasteiger partial charge in [0.05, 0.1) is 18.0 Å². The van der Waals surface area contributed by atoms with Gasteiger partial charge in [-0.3, -0.25) is 10.1 Å². The van der Waals surface area contributed by atoms with Crippen LogP contribution in [-0.2, 0) is 20.7 Å². The second-order valence-corrected chi connectivity index (χ2v) is 6.72. The van der Waals surface area contributed by atoms with Gasteiger partial charge in [-0.2, -0.15) is 0 Å². The highest BCUT2D eigenvalue weighted by atomic mass is 32.2. The summed E-state index contributed by atoms with van der Waals surface area (Å²) in [5.41, 5.74) is 0.904. The number of amides is 2. The van der Waals surface area contributed by atoms with Gasteiger partial charge >= 0.3 is 6.09 Å². The molecule has 24 heavy (non-hydrogen) atoms. The number of nitrogens with one attached hydrogen (secondary N) is 3. The summed E-state index contributed by atoms with van der Waals surface area (Å²) in [6, 6.07) is 4.96. The number of rotatable bonds is 6. The second kappa shape index (κ2) is 10.1. The van der Waals surface area contributed by atoms with Crippen LogP contribution >= 0.6 is 12.2 Å². The van der Waals surface area contributed by atoms with Gasteiger partial charge in [-0.1, -0.05) is 6.92 Å². The smallest absolute Gasteiger partial charge is 0.413 e. The van der Waals surface area contributed by atoms with Gasteiger partial charge in [0, 0.05) is 13.0 Å². The highest BCUT2D eigenvalue weighted by Crippen LogP contribution is 2.26. The van der Waals surface area contributed by atoms with Crippen LogP contribution in [0.1, 0.15) is 27.2 Å². The Labute approximate surface area is 149 Å². The van der Waals surface area contributed by atoms with E-state index >= 15 is 0 Å². The van der Waals surface area contributed by atoms with Crippen molar-refractivity contribution in [2.75, 3.05) is 23.0 Å². The van der Waals surface area contributed by atoms with Gasteiger partial charge in [-0.15, -0.1) is 0 Å². The van der Waals surface area contributed by atoms with Crippen molar-refractivity contribution in [1.29, 1.82) is 0 Å². The lowest BCUT2D eigenvalue weighted by atomic mass is 10.2. The van der Waals surface area contributed by atoms with Crippen LogP contribution in [0.15, 0.2) is 23.1 Å². The number of carbonyl (C=O) groups excluding carboxylic acids is 2. The molecule has 1 rings (SSSR count). The van der Waals surface area contributed by atoms with E-state index in [4.69, 9.17) is 17.0 Å². The molecule has 0 saturated heterocycles. The van der Waals surface area contributed by atoms with E-state index in [1.807, 2.05) is 6.92 Å². The van der Waals surface area contributed by atoms with Crippen molar-refractivity contribution in [2.45, 2.75) is 32.1 Å². The lowest BCUT2D eigenvalue weighted by Gasteiger charge is -2.16. The number of anilines is 2. The molecule has 1 aromatic carbocycles. The molecule has 132 valence electrons. The maximum absolute atomic E-state index is 12.1. The Kier molecular flexibility index (Phi) is 8.51. The fourth-order valence-electron chi connectivity index (χ4n) is 1.78. The van der Waals surface area contributed by atoms with E-state index in [0.29, 0.717) is 22.0 Å². The molecule has 0 aliphatic heterocycles. The third-order valence-electron chi connectivity index (χ3n) is 2.69. The van der Waals surface area contributed by atoms with Crippen LogP contribution in [0.4, 0.5) is 16.2 Å². The maximum Gasteiger partial charge on any atom is 0.413 e. The molecular formula is C15H21N3O4S2. The SMILES string of the molecule is CCC[S+]([O-])c1ccc(NC(=S)NC(=O)OCC)c(NC(C)=O)c1. The molecule has 0 fully saturated rings. The molecule has 0 bridgehead atoms. The average Bonchev–Trinajstić information content (AvgIpc) is 2.48. The van der Waals surface area contributed by atoms with Gasteiger partial charge in [0.25, 0.3) is 0 Å². The largest absolute Gasteiger partial charge is 0.611 e. The lowest BCUT2D eigenvalue weighted by Crippen LogP contribution is -2.34. The Morgan fingerprint density at radius 1 is 1.25 bits per heavy atom. The molecule has 0 heterocycles. The summed E-state index contributed by atoms with van der Waals surface area (Å²) in [6.45, 7) is 5.22. The molecule has 3 N–H and O–H groups in total. The quantitative estimate of drug-likeness (QED) is 0.525. The average molecular weight is 371 g/mol. The molecule has 2 amide bonds. The van der Waals surface area contributed by atoms with Crippen molar-refractivity contribution >= 4 is 51.9 Å². The zero-order chi connectivity index (χ0) is 18.1. The van der Waals surface area contributed by atoms with Crippen molar-refractivity contribution in [3.63, 3.8) is 0 Å². The number of hydrogen-bond acceptors (Lipinski definition) is 5. The molecular weight excluding hydrogens is 350 g/mol. The summed E-state index contributed by atoms with van der Waals surface area (Å²) in [7, 11) is 0. The fraction of sp³-hybridized carbons (Fsp3) is 0.400. The van der Waals surface area contributed by atoms with E-state index in [9.17, 15) is 14.1 Å². The van der Waals surface area contributed by atoms with E-state index < -0.39 is 17.3 Å². The Bertz CT molecular complexity index is 610. The normalized spacial score (nSPS) is 11.3. The number of hydrogen-bond donors (Lipinski definition) is 3. The van der Waals surface area contributed by atoms with Crippen molar-refractivity contribution in [1.82, 2.24) is 5.32 Å². The van der Waals surface area contributed by atoms with Crippen molar-refractivity contribution in [3.8, 4) is 0 Å². The first-order chi connectivity index (χ1) is 11.4. The molecule has 0 aliphatic carbocycles. The predicted molar refractivity (Wildman–Crippen MR) is 98.7 cm³/mol. The topological polar surface area (TPSA) is 103 Å². The van der Waals surface area contributed by atoms with Crippen LogP contribution in [0, 0.1) is 0 Å². The van der Waals surface area contributed by atoms with Crippen LogP contribution in [-0.4, -0.2) is 34.0 Å². The monoisotopic (exact) mass is 371 g/mol. The van der Waals surface area contributed by atoms with E-state index in [1.54, 1.807) is 25.1 Å². The molecule has 1 atom stereocenters. The minimum absolute atomic E-state index is 0.0301. The first kappa shape index (κ1) is 20.2. The third-order valence-corrected chi connectivity index (χ3v) is 4.46. The van der Waals surface area contributed by atoms with Gasteiger partial charge < -0.3 is 19.9 Å². The van der Waals surface area contributed by atoms with E-state index in [1.165, 1.54) is 6.92 Å². The molecule has 7 nitrogen and oxygen atoms in total. The Morgan fingerprint density at radius 2 is 1.96 bits per heavy atom. The Morgan fingerprint density at radius 3 is 2.54 bits per heavy atom. The molecule has 9 heteroatoms. The third kappa shape index (κ3) is 6.73. The van der Waals surface area contributed by atoms with Crippen LogP contribution in [0.5, 0.6) is 0 Å². The van der Waals surface area contributed by atoms with Crippen LogP contribution < -0.4 is 16.0 Å². The Hall–Kier alpha value is -1.84. The van der Waals surface area contributed by atoms with Crippen LogP contribution in [0.25, 0.3) is 0 Å². The standard InChI is InChI=1S/C15H21N3O4S2/c1-4-8-24(21)11-6-7-12(13(9-11)16-10(3)19)17-14(23)18-15(20)22-5-2/h6-7,9H,4-5,8H2,1-3H3,(H,16,19)(H2,17,18,20,23). The first-order valence-corrected chi connectivity index (χ1v) is 9.14. The van der Waals surface area contributed by atoms with Crippen LogP contribution in [0.3, 0.4) is 0 Å². The molecule has 1 unspecified atom stereocenters. The van der Waals surface area contributed by atoms with Crippen molar-refractivity contribution in [3.05, 3.63) is 18.2 Å². The maximum atomic E-state index is 12.1. The first-order valence-electron chi connectivity index (χ1n) is 7.42. The zero-order valence-corrected chi connectivity index (χ0v) is 15.4.